The highest BCUT2D eigenvalue weighted by Gasteiger charge is 2.24. The van der Waals surface area contributed by atoms with E-state index in [1.54, 1.807) is 18.2 Å². The summed E-state index contributed by atoms with van der Waals surface area (Å²) < 4.78 is 0. The molecule has 0 saturated carbocycles. The van der Waals surface area contributed by atoms with Crippen molar-refractivity contribution in [1.82, 2.24) is 0 Å². The summed E-state index contributed by atoms with van der Waals surface area (Å²) in [6, 6.07) is 7.25. The second-order valence-corrected chi connectivity index (χ2v) is 3.84. The van der Waals surface area contributed by atoms with Crippen molar-refractivity contribution >= 4 is 17.5 Å². The van der Waals surface area contributed by atoms with Crippen molar-refractivity contribution in [2.45, 2.75) is 12.8 Å². The molecule has 4 nitrogen and oxygen atoms in total. The monoisotopic (exact) mass is 231 g/mol. The van der Waals surface area contributed by atoms with Crippen LogP contribution in [0, 0.1) is 0 Å². The summed E-state index contributed by atoms with van der Waals surface area (Å²) >= 11 is 0. The highest BCUT2D eigenvalue weighted by Crippen LogP contribution is 2.20. The van der Waals surface area contributed by atoms with Gasteiger partial charge in [-0.05, 0) is 30.5 Å². The Balaban J connectivity index is 2.21. The number of hydrogen-bond donors (Lipinski definition) is 1. The van der Waals surface area contributed by atoms with Crippen LogP contribution in [0.1, 0.15) is 12.0 Å². The second-order valence-electron chi connectivity index (χ2n) is 3.84. The second kappa shape index (κ2) is 4.93. The first-order chi connectivity index (χ1) is 8.22. The number of anilines is 1. The van der Waals surface area contributed by atoms with Gasteiger partial charge in [0, 0.05) is 18.8 Å². The highest BCUT2D eigenvalue weighted by molar-refractivity contribution is 6.28. The van der Waals surface area contributed by atoms with Crippen LogP contribution in [0.2, 0.25) is 0 Å². The molecule has 0 radical (unpaired) electrons. The largest absolute Gasteiger partial charge is 0.396 e. The maximum atomic E-state index is 11.5. The first-order valence-electron chi connectivity index (χ1n) is 5.48. The molecule has 0 spiro atoms. The lowest BCUT2D eigenvalue weighted by Gasteiger charge is -2.14. The lowest BCUT2D eigenvalue weighted by atomic mass is 10.1. The van der Waals surface area contributed by atoms with Crippen molar-refractivity contribution < 1.29 is 14.7 Å². The van der Waals surface area contributed by atoms with E-state index in [9.17, 15) is 9.59 Å². The summed E-state index contributed by atoms with van der Waals surface area (Å²) in [6.45, 7) is 0.132. The number of rotatable bonds is 4. The zero-order valence-corrected chi connectivity index (χ0v) is 9.30. The molecule has 1 aliphatic rings. The fourth-order valence-electron chi connectivity index (χ4n) is 1.79. The Bertz CT molecular complexity index is 461. The van der Waals surface area contributed by atoms with Crippen LogP contribution in [-0.2, 0) is 16.0 Å². The Kier molecular flexibility index (Phi) is 3.35. The number of hydrogen-bond acceptors (Lipinski definition) is 3. The normalized spacial score (nSPS) is 14.8. The molecule has 0 fully saturated rings. The molecule has 0 unspecified atom stereocenters. The minimum absolute atomic E-state index is 0.132. The molecule has 0 aromatic heterocycles. The fraction of sp³-hybridized carbons (Fsp3) is 0.231. The number of benzene rings is 1. The lowest BCUT2D eigenvalue weighted by Crippen LogP contribution is -2.29. The number of aryl methyl sites for hydroxylation is 1. The molecule has 0 saturated heterocycles. The van der Waals surface area contributed by atoms with Crippen LogP contribution >= 0.6 is 0 Å². The van der Waals surface area contributed by atoms with Crippen LogP contribution in [0.15, 0.2) is 36.4 Å². The molecule has 1 aromatic carbocycles. The highest BCUT2D eigenvalue weighted by atomic mass is 16.3. The van der Waals surface area contributed by atoms with Crippen molar-refractivity contribution in [1.29, 1.82) is 0 Å². The predicted octanol–water partition coefficient (Wildman–Crippen LogP) is 1.04. The summed E-state index contributed by atoms with van der Waals surface area (Å²) in [4.78, 5) is 24.1. The molecular formula is C13H13NO3. The van der Waals surface area contributed by atoms with Crippen molar-refractivity contribution in [2.75, 3.05) is 11.5 Å². The van der Waals surface area contributed by atoms with E-state index in [0.717, 1.165) is 16.9 Å². The number of nitrogens with zero attached hydrogens (tertiary/aromatic N) is 1. The van der Waals surface area contributed by atoms with Gasteiger partial charge in [0.2, 0.25) is 0 Å². The van der Waals surface area contributed by atoms with Gasteiger partial charge in [0.15, 0.2) is 0 Å². The Labute approximate surface area is 99.2 Å². The molecule has 0 atom stereocenters. The number of carbonyl (C=O) groups excluding carboxylic acids is 2. The Morgan fingerprint density at radius 3 is 2.47 bits per heavy atom. The lowest BCUT2D eigenvalue weighted by molar-refractivity contribution is -0.119. The maximum absolute atomic E-state index is 11.5. The third-order valence-corrected chi connectivity index (χ3v) is 2.60. The van der Waals surface area contributed by atoms with Gasteiger partial charge in [0.05, 0.1) is 5.69 Å². The molecule has 2 rings (SSSR count). The van der Waals surface area contributed by atoms with Crippen molar-refractivity contribution in [3.63, 3.8) is 0 Å². The van der Waals surface area contributed by atoms with E-state index in [1.165, 1.54) is 12.2 Å². The molecule has 1 heterocycles. The summed E-state index contributed by atoms with van der Waals surface area (Å²) in [7, 11) is 0. The molecule has 0 aliphatic carbocycles. The first kappa shape index (κ1) is 11.5. The van der Waals surface area contributed by atoms with Crippen molar-refractivity contribution in [3.8, 4) is 0 Å². The third-order valence-electron chi connectivity index (χ3n) is 2.60. The zero-order valence-electron chi connectivity index (χ0n) is 9.30. The van der Waals surface area contributed by atoms with Crippen LogP contribution < -0.4 is 4.90 Å². The molecule has 2 amide bonds. The maximum Gasteiger partial charge on any atom is 0.258 e. The van der Waals surface area contributed by atoms with Crippen LogP contribution in [0.5, 0.6) is 0 Å². The van der Waals surface area contributed by atoms with Gasteiger partial charge in [0.1, 0.15) is 0 Å². The van der Waals surface area contributed by atoms with Crippen molar-refractivity contribution in [3.05, 3.63) is 42.0 Å². The van der Waals surface area contributed by atoms with Gasteiger partial charge in [-0.1, -0.05) is 12.1 Å². The number of aliphatic hydroxyl groups excluding tert-OH is 1. The smallest absolute Gasteiger partial charge is 0.258 e. The van der Waals surface area contributed by atoms with E-state index in [2.05, 4.69) is 0 Å². The molecule has 1 aliphatic heterocycles. The number of amides is 2. The van der Waals surface area contributed by atoms with E-state index in [0.29, 0.717) is 12.1 Å². The average Bonchev–Trinajstić information content (AvgIpc) is 2.67. The molecule has 0 bridgehead atoms. The Morgan fingerprint density at radius 1 is 1.12 bits per heavy atom. The van der Waals surface area contributed by atoms with E-state index in [4.69, 9.17) is 5.11 Å². The van der Waals surface area contributed by atoms with Crippen LogP contribution in [-0.4, -0.2) is 23.5 Å². The van der Waals surface area contributed by atoms with Crippen LogP contribution in [0.4, 0.5) is 5.69 Å². The van der Waals surface area contributed by atoms with Gasteiger partial charge >= 0.3 is 0 Å². The Hall–Kier alpha value is -1.94. The standard InChI is InChI=1S/C13H13NO3/c15-8-2-4-10-3-1-5-11(9-10)14-12(16)6-7-13(14)17/h1,3,5-7,9,15H,2,4,8H2. The van der Waals surface area contributed by atoms with Gasteiger partial charge in [0.25, 0.3) is 11.8 Å². The van der Waals surface area contributed by atoms with Gasteiger partial charge < -0.3 is 5.11 Å². The molecule has 1 N–H and O–H groups in total. The summed E-state index contributed by atoms with van der Waals surface area (Å²) in [5.74, 6) is -0.622. The molecule has 1 aromatic rings. The minimum atomic E-state index is -0.311. The van der Waals surface area contributed by atoms with Gasteiger partial charge in [-0.15, -0.1) is 0 Å². The molecule has 88 valence electrons. The van der Waals surface area contributed by atoms with E-state index in [-0.39, 0.29) is 18.4 Å². The quantitative estimate of drug-likeness (QED) is 0.788. The van der Waals surface area contributed by atoms with Gasteiger partial charge in [-0.3, -0.25) is 9.59 Å². The number of aliphatic hydroxyl groups is 1. The van der Waals surface area contributed by atoms with Crippen LogP contribution in [0.25, 0.3) is 0 Å². The number of imide groups is 1. The minimum Gasteiger partial charge on any atom is -0.396 e. The first-order valence-corrected chi connectivity index (χ1v) is 5.48. The molecule has 4 heteroatoms. The Morgan fingerprint density at radius 2 is 1.82 bits per heavy atom. The summed E-state index contributed by atoms with van der Waals surface area (Å²) in [5, 5.41) is 8.76. The van der Waals surface area contributed by atoms with E-state index < -0.39 is 0 Å². The van der Waals surface area contributed by atoms with Crippen molar-refractivity contribution in [2.24, 2.45) is 0 Å². The zero-order chi connectivity index (χ0) is 12.3. The van der Waals surface area contributed by atoms with E-state index in [1.807, 2.05) is 6.07 Å². The van der Waals surface area contributed by atoms with Gasteiger partial charge in [-0.25, -0.2) is 4.90 Å². The topological polar surface area (TPSA) is 57.6 Å². The SMILES string of the molecule is O=C1C=CC(=O)N1c1cccc(CCCO)c1. The average molecular weight is 231 g/mol. The predicted molar refractivity (Wildman–Crippen MR) is 63.5 cm³/mol. The fourth-order valence-corrected chi connectivity index (χ4v) is 1.79. The number of carbonyl (C=O) groups is 2. The third kappa shape index (κ3) is 2.42. The van der Waals surface area contributed by atoms with Crippen LogP contribution in [0.3, 0.4) is 0 Å². The van der Waals surface area contributed by atoms with Gasteiger partial charge in [-0.2, -0.15) is 0 Å². The molecular weight excluding hydrogens is 218 g/mol. The summed E-state index contributed by atoms with van der Waals surface area (Å²) in [6.07, 6.45) is 3.93. The molecule has 17 heavy (non-hydrogen) atoms. The van der Waals surface area contributed by atoms with E-state index >= 15 is 0 Å². The summed E-state index contributed by atoms with van der Waals surface area (Å²) in [5.41, 5.74) is 1.59.